The summed E-state index contributed by atoms with van der Waals surface area (Å²) in [7, 11) is 1.91. The number of anilines is 1. The van der Waals surface area contributed by atoms with E-state index in [2.05, 4.69) is 10.1 Å². The molecule has 9 heteroatoms. The fourth-order valence-electron chi connectivity index (χ4n) is 2.35. The number of hydrogen-bond donors (Lipinski definition) is 1. The molecule has 0 radical (unpaired) electrons. The highest BCUT2D eigenvalue weighted by Gasteiger charge is 2.19. The largest absolute Gasteiger partial charge is 0.495 e. The van der Waals surface area contributed by atoms with E-state index in [9.17, 15) is 18.0 Å². The molecule has 0 spiro atoms. The van der Waals surface area contributed by atoms with E-state index in [1.165, 1.54) is 52.6 Å². The summed E-state index contributed by atoms with van der Waals surface area (Å²) in [5, 5.41) is 2.61. The lowest BCUT2D eigenvalue weighted by molar-refractivity contribution is -0.111. The van der Waals surface area contributed by atoms with Gasteiger partial charge in [0.25, 0.3) is 0 Å². The maximum absolute atomic E-state index is 12.3. The first-order chi connectivity index (χ1) is 13.7. The molecule has 0 aliphatic carbocycles. The van der Waals surface area contributed by atoms with Gasteiger partial charge < -0.3 is 14.8 Å². The fraction of sp³-hybridized carbons (Fsp3) is 0.200. The number of amides is 1. The molecule has 0 unspecified atom stereocenters. The zero-order valence-electron chi connectivity index (χ0n) is 16.5. The Morgan fingerprint density at radius 1 is 1.03 bits per heavy atom. The van der Waals surface area contributed by atoms with Gasteiger partial charge in [-0.1, -0.05) is 12.1 Å². The van der Waals surface area contributed by atoms with Crippen LogP contribution in [0.1, 0.15) is 15.9 Å². The van der Waals surface area contributed by atoms with E-state index in [0.717, 1.165) is 4.31 Å². The Morgan fingerprint density at radius 2 is 1.69 bits per heavy atom. The molecule has 1 N–H and O–H groups in total. The number of carbonyl (C=O) groups is 2. The van der Waals surface area contributed by atoms with Gasteiger partial charge in [0, 0.05) is 20.2 Å². The Labute approximate surface area is 169 Å². The maximum atomic E-state index is 12.3. The fourth-order valence-corrected chi connectivity index (χ4v) is 3.28. The quantitative estimate of drug-likeness (QED) is 0.547. The van der Waals surface area contributed by atoms with Crippen molar-refractivity contribution >= 4 is 33.7 Å². The van der Waals surface area contributed by atoms with Crippen LogP contribution in [0, 0.1) is 0 Å². The third kappa shape index (κ3) is 5.43. The van der Waals surface area contributed by atoms with Gasteiger partial charge in [0.1, 0.15) is 5.75 Å². The van der Waals surface area contributed by atoms with Gasteiger partial charge in [-0.2, -0.15) is 0 Å². The molecule has 2 aromatic carbocycles. The first-order valence-corrected chi connectivity index (χ1v) is 9.91. The average Bonchev–Trinajstić information content (AvgIpc) is 2.71. The monoisotopic (exact) mass is 418 g/mol. The summed E-state index contributed by atoms with van der Waals surface area (Å²) in [6, 6.07) is 10.7. The number of rotatable bonds is 7. The van der Waals surface area contributed by atoms with Crippen LogP contribution >= 0.6 is 0 Å². The second-order valence-electron chi connectivity index (χ2n) is 6.09. The van der Waals surface area contributed by atoms with Gasteiger partial charge in [-0.25, -0.2) is 17.5 Å². The lowest BCUT2D eigenvalue weighted by atomic mass is 10.1. The highest BCUT2D eigenvalue weighted by molar-refractivity contribution is 7.89. The molecule has 0 heterocycles. The molecular weight excluding hydrogens is 396 g/mol. The number of benzene rings is 2. The van der Waals surface area contributed by atoms with E-state index in [0.29, 0.717) is 16.9 Å². The molecule has 2 rings (SSSR count). The van der Waals surface area contributed by atoms with E-state index in [4.69, 9.17) is 4.74 Å². The number of nitrogens with one attached hydrogen (secondary N) is 1. The molecule has 0 aliphatic rings. The van der Waals surface area contributed by atoms with Gasteiger partial charge in [-0.05, 0) is 42.0 Å². The van der Waals surface area contributed by atoms with Crippen LogP contribution in [0.25, 0.3) is 6.08 Å². The summed E-state index contributed by atoms with van der Waals surface area (Å²) in [6.45, 7) is 0. The summed E-state index contributed by atoms with van der Waals surface area (Å²) in [5.74, 6) is -0.593. The minimum atomic E-state index is -3.66. The number of hydrogen-bond acceptors (Lipinski definition) is 6. The number of nitrogens with zero attached hydrogens (tertiary/aromatic N) is 1. The summed E-state index contributed by atoms with van der Waals surface area (Å²) in [4.78, 5) is 23.7. The molecule has 0 saturated carbocycles. The zero-order valence-corrected chi connectivity index (χ0v) is 17.3. The predicted octanol–water partition coefficient (Wildman–Crippen LogP) is 2.38. The smallest absolute Gasteiger partial charge is 0.337 e. The normalized spacial score (nSPS) is 11.5. The second kappa shape index (κ2) is 9.35. The topological polar surface area (TPSA) is 102 Å². The van der Waals surface area contributed by atoms with Crippen LogP contribution in [-0.4, -0.2) is 52.9 Å². The minimum Gasteiger partial charge on any atom is -0.495 e. The standard InChI is InChI=1S/C20H22N2O6S/c1-22(2)29(25,26)16-10-11-18(27-3)17(13-16)21-19(23)12-7-14-5-8-15(9-6-14)20(24)28-4/h5-13H,1-4H3,(H,21,23)/b12-7+. The lowest BCUT2D eigenvalue weighted by Gasteiger charge is -2.14. The van der Waals surface area contributed by atoms with Gasteiger partial charge in [0.15, 0.2) is 0 Å². The molecular formula is C20H22N2O6S. The number of esters is 1. The molecule has 0 aliphatic heterocycles. The summed E-state index contributed by atoms with van der Waals surface area (Å²) < 4.78 is 35.5. The van der Waals surface area contributed by atoms with Crippen molar-refractivity contribution < 1.29 is 27.5 Å². The van der Waals surface area contributed by atoms with Crippen molar-refractivity contribution in [3.8, 4) is 5.75 Å². The molecule has 0 aromatic heterocycles. The zero-order chi connectivity index (χ0) is 21.6. The molecule has 0 atom stereocenters. The van der Waals surface area contributed by atoms with Crippen molar-refractivity contribution in [2.75, 3.05) is 33.6 Å². The van der Waals surface area contributed by atoms with Gasteiger partial charge in [-0.15, -0.1) is 0 Å². The van der Waals surface area contributed by atoms with Gasteiger partial charge >= 0.3 is 5.97 Å². The minimum absolute atomic E-state index is 0.0287. The Kier molecular flexibility index (Phi) is 7.13. The van der Waals surface area contributed by atoms with Crippen LogP contribution in [0.5, 0.6) is 5.75 Å². The molecule has 154 valence electrons. The van der Waals surface area contributed by atoms with Gasteiger partial charge in [0.05, 0.1) is 30.4 Å². The predicted molar refractivity (Wildman–Crippen MR) is 109 cm³/mol. The van der Waals surface area contributed by atoms with Crippen LogP contribution in [0.2, 0.25) is 0 Å². The first-order valence-electron chi connectivity index (χ1n) is 8.47. The summed E-state index contributed by atoms with van der Waals surface area (Å²) >= 11 is 0. The van der Waals surface area contributed by atoms with Crippen LogP contribution in [-0.2, 0) is 19.6 Å². The van der Waals surface area contributed by atoms with Crippen LogP contribution in [0.3, 0.4) is 0 Å². The Balaban J connectivity index is 2.19. The highest BCUT2D eigenvalue weighted by Crippen LogP contribution is 2.28. The molecule has 0 saturated heterocycles. The van der Waals surface area contributed by atoms with Crippen molar-refractivity contribution in [1.29, 1.82) is 0 Å². The van der Waals surface area contributed by atoms with Crippen molar-refractivity contribution in [3.63, 3.8) is 0 Å². The van der Waals surface area contributed by atoms with Crippen LogP contribution < -0.4 is 10.1 Å². The van der Waals surface area contributed by atoms with E-state index in [1.807, 2.05) is 0 Å². The molecule has 1 amide bonds. The van der Waals surface area contributed by atoms with Crippen LogP contribution in [0.4, 0.5) is 5.69 Å². The molecule has 29 heavy (non-hydrogen) atoms. The second-order valence-corrected chi connectivity index (χ2v) is 8.24. The summed E-state index contributed by atoms with van der Waals surface area (Å²) in [5.41, 5.74) is 1.33. The number of sulfonamides is 1. The molecule has 0 fully saturated rings. The first kappa shape index (κ1) is 22.1. The highest BCUT2D eigenvalue weighted by atomic mass is 32.2. The van der Waals surface area contributed by atoms with Gasteiger partial charge in [0.2, 0.25) is 15.9 Å². The molecule has 8 nitrogen and oxygen atoms in total. The lowest BCUT2D eigenvalue weighted by Crippen LogP contribution is -2.22. The van der Waals surface area contributed by atoms with Crippen molar-refractivity contribution in [1.82, 2.24) is 4.31 Å². The number of ether oxygens (including phenoxy) is 2. The SMILES string of the molecule is COC(=O)c1ccc(/C=C/C(=O)Nc2cc(S(=O)(=O)N(C)C)ccc2OC)cc1. The molecule has 2 aromatic rings. The van der Waals surface area contributed by atoms with E-state index >= 15 is 0 Å². The average molecular weight is 418 g/mol. The third-order valence-electron chi connectivity index (χ3n) is 3.97. The maximum Gasteiger partial charge on any atom is 0.337 e. The van der Waals surface area contributed by atoms with E-state index in [-0.39, 0.29) is 10.6 Å². The summed E-state index contributed by atoms with van der Waals surface area (Å²) in [6.07, 6.45) is 2.85. The van der Waals surface area contributed by atoms with Gasteiger partial charge in [-0.3, -0.25) is 4.79 Å². The number of carbonyl (C=O) groups excluding carboxylic acids is 2. The van der Waals surface area contributed by atoms with Crippen molar-refractivity contribution in [2.45, 2.75) is 4.90 Å². The van der Waals surface area contributed by atoms with Crippen molar-refractivity contribution in [3.05, 3.63) is 59.7 Å². The third-order valence-corrected chi connectivity index (χ3v) is 5.78. The molecule has 0 bridgehead atoms. The Morgan fingerprint density at radius 3 is 2.24 bits per heavy atom. The Hall–Kier alpha value is -3.17. The van der Waals surface area contributed by atoms with E-state index < -0.39 is 21.9 Å². The number of methoxy groups -OCH3 is 2. The van der Waals surface area contributed by atoms with E-state index in [1.54, 1.807) is 30.3 Å². The van der Waals surface area contributed by atoms with Crippen molar-refractivity contribution in [2.24, 2.45) is 0 Å². The Bertz CT molecular complexity index is 1030. The van der Waals surface area contributed by atoms with Crippen LogP contribution in [0.15, 0.2) is 53.4 Å².